The number of benzene rings is 1. The minimum atomic E-state index is -0.237. The number of carbonyl (C=O) groups is 1. The quantitative estimate of drug-likeness (QED) is 0.728. The van der Waals surface area contributed by atoms with E-state index in [1.54, 1.807) is 43.5 Å². The molecule has 0 unspecified atom stereocenters. The number of aromatic nitrogens is 1. The van der Waals surface area contributed by atoms with Crippen molar-refractivity contribution in [3.8, 4) is 5.75 Å². The van der Waals surface area contributed by atoms with E-state index in [1.807, 2.05) is 24.3 Å². The van der Waals surface area contributed by atoms with Crippen LogP contribution in [0.3, 0.4) is 0 Å². The third-order valence-electron chi connectivity index (χ3n) is 3.91. The summed E-state index contributed by atoms with van der Waals surface area (Å²) in [5, 5.41) is 0. The number of rotatable bonds is 7. The van der Waals surface area contributed by atoms with Gasteiger partial charge in [-0.05, 0) is 36.3 Å². The molecule has 132 valence electrons. The van der Waals surface area contributed by atoms with Gasteiger partial charge in [0, 0.05) is 25.9 Å². The molecule has 0 radical (unpaired) electrons. The molecule has 0 saturated carbocycles. The lowest BCUT2D eigenvalue weighted by Gasteiger charge is -2.20. The van der Waals surface area contributed by atoms with E-state index in [2.05, 4.69) is 6.92 Å². The van der Waals surface area contributed by atoms with Crippen LogP contribution in [0, 0.1) is 0 Å². The Hall–Kier alpha value is -2.82. The van der Waals surface area contributed by atoms with Gasteiger partial charge in [0.1, 0.15) is 11.4 Å². The maximum Gasteiger partial charge on any atom is 0.270 e. The normalized spacial score (nSPS) is 11.2. The smallest absolute Gasteiger partial charge is 0.270 e. The molecular formula is C20H24N2O3. The molecule has 0 fully saturated rings. The van der Waals surface area contributed by atoms with Gasteiger partial charge < -0.3 is 9.64 Å². The molecule has 1 heterocycles. The van der Waals surface area contributed by atoms with Gasteiger partial charge in [-0.3, -0.25) is 14.2 Å². The summed E-state index contributed by atoms with van der Waals surface area (Å²) in [7, 11) is 3.36. The third kappa shape index (κ3) is 4.83. The molecule has 1 amide bonds. The standard InChI is InChI=1S/C20H24N2O3/c1-4-5-13-21(2)20(24)18(22-14-7-6-8-19(22)23)15-16-9-11-17(25-3)12-10-16/h6-12,14-15H,4-5,13H2,1-3H3/b18-15+. The lowest BCUT2D eigenvalue weighted by molar-refractivity contribution is -0.124. The van der Waals surface area contributed by atoms with E-state index < -0.39 is 0 Å². The highest BCUT2D eigenvalue weighted by Crippen LogP contribution is 2.17. The SMILES string of the molecule is CCCCN(C)C(=O)/C(=C\c1ccc(OC)cc1)n1ccccc1=O. The van der Waals surface area contributed by atoms with Crippen LogP contribution < -0.4 is 10.3 Å². The lowest BCUT2D eigenvalue weighted by atomic mass is 10.1. The van der Waals surface area contributed by atoms with E-state index in [-0.39, 0.29) is 11.5 Å². The fourth-order valence-corrected chi connectivity index (χ4v) is 2.41. The molecule has 0 aliphatic carbocycles. The van der Waals surface area contributed by atoms with Gasteiger partial charge in [0.15, 0.2) is 0 Å². The van der Waals surface area contributed by atoms with Gasteiger partial charge in [-0.15, -0.1) is 0 Å². The summed E-state index contributed by atoms with van der Waals surface area (Å²) in [6.07, 6.45) is 5.26. The molecule has 1 aromatic heterocycles. The molecule has 0 bridgehead atoms. The van der Waals surface area contributed by atoms with Crippen LogP contribution in [0.5, 0.6) is 5.75 Å². The lowest BCUT2D eigenvalue weighted by Crippen LogP contribution is -2.33. The molecule has 5 heteroatoms. The minimum absolute atomic E-state index is 0.183. The largest absolute Gasteiger partial charge is 0.497 e. The van der Waals surface area contributed by atoms with Crippen molar-refractivity contribution in [3.63, 3.8) is 0 Å². The van der Waals surface area contributed by atoms with Crippen LogP contribution in [0.1, 0.15) is 25.3 Å². The molecule has 0 atom stereocenters. The van der Waals surface area contributed by atoms with Crippen molar-refractivity contribution < 1.29 is 9.53 Å². The Morgan fingerprint density at radius 1 is 1.20 bits per heavy atom. The second-order valence-corrected chi connectivity index (χ2v) is 5.79. The molecule has 0 aliphatic heterocycles. The van der Waals surface area contributed by atoms with E-state index in [0.717, 1.165) is 24.2 Å². The van der Waals surface area contributed by atoms with Crippen molar-refractivity contribution in [1.29, 1.82) is 0 Å². The predicted octanol–water partition coefficient (Wildman–Crippen LogP) is 3.11. The van der Waals surface area contributed by atoms with E-state index >= 15 is 0 Å². The van der Waals surface area contributed by atoms with Gasteiger partial charge in [0.2, 0.25) is 0 Å². The molecule has 2 aromatic rings. The van der Waals surface area contributed by atoms with Crippen molar-refractivity contribution >= 4 is 17.7 Å². The van der Waals surface area contributed by atoms with E-state index in [1.165, 1.54) is 10.6 Å². The molecular weight excluding hydrogens is 316 g/mol. The number of unbranched alkanes of at least 4 members (excludes halogenated alkanes) is 1. The molecule has 5 nitrogen and oxygen atoms in total. The van der Waals surface area contributed by atoms with Crippen LogP contribution >= 0.6 is 0 Å². The van der Waals surface area contributed by atoms with Crippen LogP contribution in [-0.4, -0.2) is 36.1 Å². The van der Waals surface area contributed by atoms with Crippen molar-refractivity contribution in [2.45, 2.75) is 19.8 Å². The van der Waals surface area contributed by atoms with Gasteiger partial charge >= 0.3 is 0 Å². The summed E-state index contributed by atoms with van der Waals surface area (Å²) in [4.78, 5) is 26.8. The number of methoxy groups -OCH3 is 1. The number of ether oxygens (including phenoxy) is 1. The average molecular weight is 340 g/mol. The number of nitrogens with zero attached hydrogens (tertiary/aromatic N) is 2. The zero-order valence-corrected chi connectivity index (χ0v) is 14.9. The van der Waals surface area contributed by atoms with E-state index in [0.29, 0.717) is 12.2 Å². The summed E-state index contributed by atoms with van der Waals surface area (Å²) >= 11 is 0. The molecule has 0 saturated heterocycles. The number of amides is 1. The molecule has 0 aliphatic rings. The van der Waals surface area contributed by atoms with Crippen molar-refractivity contribution in [2.24, 2.45) is 0 Å². The topological polar surface area (TPSA) is 51.5 Å². The van der Waals surface area contributed by atoms with E-state index in [4.69, 9.17) is 4.74 Å². The first-order valence-electron chi connectivity index (χ1n) is 8.36. The van der Waals surface area contributed by atoms with Gasteiger partial charge in [-0.1, -0.05) is 31.5 Å². The Morgan fingerprint density at radius 2 is 1.92 bits per heavy atom. The monoisotopic (exact) mass is 340 g/mol. The van der Waals surface area contributed by atoms with Crippen molar-refractivity contribution in [1.82, 2.24) is 9.47 Å². The van der Waals surface area contributed by atoms with Crippen molar-refractivity contribution in [2.75, 3.05) is 20.7 Å². The first kappa shape index (κ1) is 18.5. The number of hydrogen-bond donors (Lipinski definition) is 0. The fraction of sp³-hybridized carbons (Fsp3) is 0.300. The number of hydrogen-bond acceptors (Lipinski definition) is 3. The van der Waals surface area contributed by atoms with Crippen LogP contribution in [0.2, 0.25) is 0 Å². The second kappa shape index (κ2) is 8.87. The van der Waals surface area contributed by atoms with Crippen LogP contribution in [-0.2, 0) is 4.79 Å². The Kier molecular flexibility index (Phi) is 6.57. The van der Waals surface area contributed by atoms with Crippen LogP contribution in [0.4, 0.5) is 0 Å². The summed E-state index contributed by atoms with van der Waals surface area (Å²) in [5.41, 5.74) is 0.915. The maximum absolute atomic E-state index is 12.9. The summed E-state index contributed by atoms with van der Waals surface area (Å²) in [6, 6.07) is 12.2. The Balaban J connectivity index is 2.44. The average Bonchev–Trinajstić information content (AvgIpc) is 2.64. The molecule has 1 aromatic carbocycles. The van der Waals surface area contributed by atoms with Gasteiger partial charge in [0.25, 0.3) is 11.5 Å². The predicted molar refractivity (Wildman–Crippen MR) is 100 cm³/mol. The van der Waals surface area contributed by atoms with Gasteiger partial charge in [-0.25, -0.2) is 0 Å². The van der Waals surface area contributed by atoms with E-state index in [9.17, 15) is 9.59 Å². The number of carbonyl (C=O) groups excluding carboxylic acids is 1. The van der Waals surface area contributed by atoms with Crippen LogP contribution in [0.25, 0.3) is 11.8 Å². The molecule has 0 N–H and O–H groups in total. The first-order valence-corrected chi connectivity index (χ1v) is 8.36. The zero-order chi connectivity index (χ0) is 18.2. The highest BCUT2D eigenvalue weighted by Gasteiger charge is 2.17. The Morgan fingerprint density at radius 3 is 2.52 bits per heavy atom. The zero-order valence-electron chi connectivity index (χ0n) is 14.9. The maximum atomic E-state index is 12.9. The first-order chi connectivity index (χ1) is 12.1. The number of likely N-dealkylation sites (N-methyl/N-ethyl adjacent to an activating group) is 1. The molecule has 25 heavy (non-hydrogen) atoms. The van der Waals surface area contributed by atoms with Crippen molar-refractivity contribution in [3.05, 3.63) is 64.6 Å². The third-order valence-corrected chi connectivity index (χ3v) is 3.91. The van der Waals surface area contributed by atoms with Crippen LogP contribution in [0.15, 0.2) is 53.5 Å². The van der Waals surface area contributed by atoms with Gasteiger partial charge in [0.05, 0.1) is 7.11 Å². The summed E-state index contributed by atoms with van der Waals surface area (Å²) in [5.74, 6) is 0.555. The minimum Gasteiger partial charge on any atom is -0.497 e. The highest BCUT2D eigenvalue weighted by molar-refractivity contribution is 6.18. The Bertz CT molecular complexity index is 791. The highest BCUT2D eigenvalue weighted by atomic mass is 16.5. The van der Waals surface area contributed by atoms with Gasteiger partial charge in [-0.2, -0.15) is 0 Å². The fourth-order valence-electron chi connectivity index (χ4n) is 2.41. The summed E-state index contributed by atoms with van der Waals surface area (Å²) in [6.45, 7) is 2.73. The molecule has 2 rings (SSSR count). The second-order valence-electron chi connectivity index (χ2n) is 5.79. The number of pyridine rings is 1. The molecule has 0 spiro atoms. The summed E-state index contributed by atoms with van der Waals surface area (Å²) < 4.78 is 6.54. The Labute approximate surface area is 148 Å².